The van der Waals surface area contributed by atoms with Crippen LogP contribution in [0.4, 0.5) is 5.82 Å². The minimum absolute atomic E-state index is 0.118. The summed E-state index contributed by atoms with van der Waals surface area (Å²) in [4.78, 5) is 24.9. The average Bonchev–Trinajstić information content (AvgIpc) is 3.22. The molecule has 0 bridgehead atoms. The second kappa shape index (κ2) is 5.59. The van der Waals surface area contributed by atoms with Crippen LogP contribution in [0.1, 0.15) is 21.9 Å². The molecule has 1 saturated heterocycles. The van der Waals surface area contributed by atoms with E-state index in [1.807, 2.05) is 13.0 Å². The van der Waals surface area contributed by atoms with Gasteiger partial charge in [0.15, 0.2) is 0 Å². The summed E-state index contributed by atoms with van der Waals surface area (Å²) in [5, 5.41) is 8.01. The fourth-order valence-corrected chi connectivity index (χ4v) is 2.90. The fraction of sp³-hybridized carbons (Fsp3) is 0.400. The first-order valence-electron chi connectivity index (χ1n) is 7.77. The minimum atomic E-state index is -0.118. The molecule has 1 aliphatic rings. The Bertz CT molecular complexity index is 892. The van der Waals surface area contributed by atoms with E-state index < -0.39 is 0 Å². The molecule has 3 aromatic heterocycles. The number of amides is 1. The number of rotatable bonds is 2. The summed E-state index contributed by atoms with van der Waals surface area (Å²) < 4.78 is 6.79. The number of nitrogens with zero attached hydrogens (tertiary/aromatic N) is 7. The van der Waals surface area contributed by atoms with Crippen molar-refractivity contribution < 1.29 is 9.32 Å². The number of fused-ring (bicyclic) bond motifs is 1. The molecule has 0 saturated carbocycles. The van der Waals surface area contributed by atoms with Gasteiger partial charge in [-0.05, 0) is 13.8 Å². The molecular weight excluding hydrogens is 310 g/mol. The topological polar surface area (TPSA) is 92.7 Å². The third kappa shape index (κ3) is 2.47. The van der Waals surface area contributed by atoms with Crippen molar-refractivity contribution in [1.29, 1.82) is 0 Å². The Morgan fingerprint density at radius 3 is 2.62 bits per heavy atom. The lowest BCUT2D eigenvalue weighted by atomic mass is 10.2. The lowest BCUT2D eigenvalue weighted by Gasteiger charge is -2.35. The Morgan fingerprint density at radius 2 is 1.92 bits per heavy atom. The Labute approximate surface area is 137 Å². The Kier molecular flexibility index (Phi) is 3.40. The van der Waals surface area contributed by atoms with Gasteiger partial charge in [-0.1, -0.05) is 5.16 Å². The van der Waals surface area contributed by atoms with E-state index in [0.29, 0.717) is 43.4 Å². The molecule has 9 nitrogen and oxygen atoms in total. The number of piperazine rings is 1. The maximum absolute atomic E-state index is 12.4. The highest BCUT2D eigenvalue weighted by Gasteiger charge is 2.26. The predicted octanol–water partition coefficient (Wildman–Crippen LogP) is 0.692. The molecule has 0 unspecified atom stereocenters. The molecule has 1 aliphatic heterocycles. The van der Waals surface area contributed by atoms with E-state index in [0.717, 1.165) is 11.5 Å². The van der Waals surface area contributed by atoms with Crippen molar-refractivity contribution in [3.05, 3.63) is 35.6 Å². The number of hydrogen-bond acceptors (Lipinski definition) is 7. The molecule has 3 aromatic rings. The van der Waals surface area contributed by atoms with Crippen LogP contribution in [-0.2, 0) is 0 Å². The molecule has 4 heterocycles. The van der Waals surface area contributed by atoms with Gasteiger partial charge >= 0.3 is 0 Å². The van der Waals surface area contributed by atoms with Crippen molar-refractivity contribution in [2.75, 3.05) is 31.1 Å². The molecule has 0 aliphatic carbocycles. The largest absolute Gasteiger partial charge is 0.353 e. The van der Waals surface area contributed by atoms with Crippen molar-refractivity contribution in [2.24, 2.45) is 0 Å². The highest BCUT2D eigenvalue weighted by Crippen LogP contribution is 2.18. The van der Waals surface area contributed by atoms with Gasteiger partial charge in [0.25, 0.3) is 11.7 Å². The number of aromatic nitrogens is 5. The molecule has 24 heavy (non-hydrogen) atoms. The van der Waals surface area contributed by atoms with Gasteiger partial charge in [-0.2, -0.15) is 14.6 Å². The van der Waals surface area contributed by atoms with Crippen LogP contribution in [0.5, 0.6) is 0 Å². The molecule has 0 atom stereocenters. The Balaban J connectivity index is 1.51. The second-order valence-electron chi connectivity index (χ2n) is 5.84. The van der Waals surface area contributed by atoms with E-state index in [4.69, 9.17) is 4.52 Å². The molecule has 0 N–H and O–H groups in total. The van der Waals surface area contributed by atoms with Crippen molar-refractivity contribution in [2.45, 2.75) is 13.8 Å². The first-order chi connectivity index (χ1) is 11.6. The van der Waals surface area contributed by atoms with Gasteiger partial charge in [-0.15, -0.1) is 0 Å². The van der Waals surface area contributed by atoms with Crippen LogP contribution in [-0.4, -0.2) is 61.7 Å². The summed E-state index contributed by atoms with van der Waals surface area (Å²) in [6.45, 7) is 6.36. The van der Waals surface area contributed by atoms with Crippen molar-refractivity contribution in [3.8, 4) is 0 Å². The van der Waals surface area contributed by atoms with Gasteiger partial charge in [0.1, 0.15) is 12.1 Å². The third-order valence-corrected chi connectivity index (χ3v) is 4.09. The van der Waals surface area contributed by atoms with Crippen molar-refractivity contribution >= 4 is 17.5 Å². The highest BCUT2D eigenvalue weighted by atomic mass is 16.5. The van der Waals surface area contributed by atoms with Gasteiger partial charge in [0.2, 0.25) is 5.76 Å². The normalized spacial score (nSPS) is 15.2. The molecule has 0 spiro atoms. The van der Waals surface area contributed by atoms with Gasteiger partial charge < -0.3 is 14.3 Å². The molecule has 124 valence electrons. The molecule has 1 fully saturated rings. The molecular formula is C15H17N7O2. The quantitative estimate of drug-likeness (QED) is 0.683. The Morgan fingerprint density at radius 1 is 1.12 bits per heavy atom. The summed E-state index contributed by atoms with van der Waals surface area (Å²) >= 11 is 0. The van der Waals surface area contributed by atoms with Crippen LogP contribution in [0.25, 0.3) is 5.78 Å². The van der Waals surface area contributed by atoms with Crippen LogP contribution < -0.4 is 4.90 Å². The van der Waals surface area contributed by atoms with Crippen LogP contribution >= 0.6 is 0 Å². The average molecular weight is 327 g/mol. The lowest BCUT2D eigenvalue weighted by molar-refractivity contribution is 0.0704. The summed E-state index contributed by atoms with van der Waals surface area (Å²) in [6.07, 6.45) is 1.50. The van der Waals surface area contributed by atoms with Crippen LogP contribution in [0.3, 0.4) is 0 Å². The maximum atomic E-state index is 12.4. The van der Waals surface area contributed by atoms with E-state index in [1.54, 1.807) is 22.4 Å². The van der Waals surface area contributed by atoms with E-state index in [9.17, 15) is 4.79 Å². The highest BCUT2D eigenvalue weighted by molar-refractivity contribution is 5.91. The zero-order valence-corrected chi connectivity index (χ0v) is 13.5. The summed E-state index contributed by atoms with van der Waals surface area (Å²) in [5.74, 6) is 1.70. The van der Waals surface area contributed by atoms with E-state index in [-0.39, 0.29) is 5.91 Å². The SMILES string of the molecule is Cc1cc(C(=O)N2CCN(c3cc(C)nc4ncnn34)CC2)on1. The zero-order chi connectivity index (χ0) is 16.7. The smallest absolute Gasteiger partial charge is 0.292 e. The first-order valence-corrected chi connectivity index (χ1v) is 7.77. The molecule has 0 radical (unpaired) electrons. The summed E-state index contributed by atoms with van der Waals surface area (Å²) in [7, 11) is 0. The minimum Gasteiger partial charge on any atom is -0.353 e. The van der Waals surface area contributed by atoms with Crippen LogP contribution in [0.15, 0.2) is 23.0 Å². The van der Waals surface area contributed by atoms with Gasteiger partial charge in [0.05, 0.1) is 5.69 Å². The number of carbonyl (C=O) groups is 1. The van der Waals surface area contributed by atoms with Crippen LogP contribution in [0.2, 0.25) is 0 Å². The number of hydrogen-bond donors (Lipinski definition) is 0. The van der Waals surface area contributed by atoms with E-state index in [2.05, 4.69) is 25.1 Å². The lowest BCUT2D eigenvalue weighted by Crippen LogP contribution is -2.49. The third-order valence-electron chi connectivity index (χ3n) is 4.09. The van der Waals surface area contributed by atoms with Crippen LogP contribution in [0, 0.1) is 13.8 Å². The monoisotopic (exact) mass is 327 g/mol. The second-order valence-corrected chi connectivity index (χ2v) is 5.84. The fourth-order valence-electron chi connectivity index (χ4n) is 2.90. The molecule has 1 amide bonds. The first kappa shape index (κ1) is 14.6. The van der Waals surface area contributed by atoms with Gasteiger partial charge in [-0.3, -0.25) is 4.79 Å². The maximum Gasteiger partial charge on any atom is 0.292 e. The standard InChI is InChI=1S/C15H17N7O2/c1-10-8-13(22-15(18-10)16-9-17-22)20-3-5-21(6-4-20)14(23)12-7-11(2)19-24-12/h7-9H,3-6H2,1-2H3. The van der Waals surface area contributed by atoms with E-state index in [1.165, 1.54) is 6.33 Å². The number of anilines is 1. The van der Waals surface area contributed by atoms with Gasteiger partial charge in [-0.25, -0.2) is 4.98 Å². The zero-order valence-electron chi connectivity index (χ0n) is 13.5. The Hall–Kier alpha value is -2.97. The van der Waals surface area contributed by atoms with E-state index >= 15 is 0 Å². The van der Waals surface area contributed by atoms with Crippen molar-refractivity contribution in [3.63, 3.8) is 0 Å². The number of carbonyl (C=O) groups excluding carboxylic acids is 1. The number of aryl methyl sites for hydroxylation is 2. The summed E-state index contributed by atoms with van der Waals surface area (Å²) in [5.41, 5.74) is 1.60. The summed E-state index contributed by atoms with van der Waals surface area (Å²) in [6, 6.07) is 3.65. The predicted molar refractivity (Wildman–Crippen MR) is 84.9 cm³/mol. The molecule has 0 aromatic carbocycles. The molecule has 4 rings (SSSR count). The molecule has 9 heteroatoms. The van der Waals surface area contributed by atoms with Gasteiger partial charge in [0, 0.05) is 44.0 Å². The van der Waals surface area contributed by atoms with Crippen molar-refractivity contribution in [1.82, 2.24) is 29.6 Å².